The lowest BCUT2D eigenvalue weighted by molar-refractivity contribution is 0.0697. The molecule has 2 aromatic rings. The average Bonchev–Trinajstić information content (AvgIpc) is 2.87. The zero-order chi connectivity index (χ0) is 14.7. The number of aromatic carboxylic acids is 1. The van der Waals surface area contributed by atoms with Gasteiger partial charge >= 0.3 is 5.97 Å². The third kappa shape index (κ3) is 3.14. The summed E-state index contributed by atoms with van der Waals surface area (Å²) in [4.78, 5) is 21.1. The van der Waals surface area contributed by atoms with Gasteiger partial charge in [0.05, 0.1) is 6.04 Å². The number of hydrogen-bond donors (Lipinski definition) is 2. The van der Waals surface area contributed by atoms with Gasteiger partial charge in [0.25, 0.3) is 0 Å². The SMILES string of the molecule is CCc1cnc(C(C)Nc2nc(C)ccc2C(=O)O)s1. The molecule has 1 unspecified atom stereocenters. The molecule has 0 aliphatic carbocycles. The van der Waals surface area contributed by atoms with Gasteiger partial charge in [0.15, 0.2) is 0 Å². The van der Waals surface area contributed by atoms with Crippen molar-refractivity contribution < 1.29 is 9.90 Å². The number of nitrogens with zero attached hydrogens (tertiary/aromatic N) is 2. The highest BCUT2D eigenvalue weighted by molar-refractivity contribution is 7.11. The number of carboxylic acid groups (broad SMARTS) is 1. The van der Waals surface area contributed by atoms with Crippen LogP contribution in [0.2, 0.25) is 0 Å². The van der Waals surface area contributed by atoms with Gasteiger partial charge < -0.3 is 10.4 Å². The van der Waals surface area contributed by atoms with Gasteiger partial charge in [-0.15, -0.1) is 11.3 Å². The standard InChI is InChI=1S/C14H17N3O2S/c1-4-10-7-15-13(20-10)9(3)17-12-11(14(18)19)6-5-8(2)16-12/h5-7,9H,4H2,1-3H3,(H,16,17)(H,18,19). The first-order valence-corrected chi connectivity index (χ1v) is 7.25. The van der Waals surface area contributed by atoms with Crippen molar-refractivity contribution in [2.45, 2.75) is 33.2 Å². The molecule has 0 radical (unpaired) electrons. The summed E-state index contributed by atoms with van der Waals surface area (Å²) >= 11 is 1.63. The summed E-state index contributed by atoms with van der Waals surface area (Å²) in [5.74, 6) is -0.598. The van der Waals surface area contributed by atoms with Crippen molar-refractivity contribution in [3.8, 4) is 0 Å². The van der Waals surface area contributed by atoms with E-state index in [1.165, 1.54) is 4.88 Å². The fourth-order valence-electron chi connectivity index (χ4n) is 1.79. The molecule has 6 heteroatoms. The molecule has 0 saturated carbocycles. The summed E-state index contributed by atoms with van der Waals surface area (Å²) in [7, 11) is 0. The number of carboxylic acids is 1. The van der Waals surface area contributed by atoms with E-state index in [1.54, 1.807) is 23.5 Å². The summed E-state index contributed by atoms with van der Waals surface area (Å²) in [5, 5.41) is 13.3. The van der Waals surface area contributed by atoms with E-state index in [0.29, 0.717) is 5.82 Å². The van der Waals surface area contributed by atoms with Gasteiger partial charge in [-0.3, -0.25) is 0 Å². The van der Waals surface area contributed by atoms with Crippen LogP contribution in [0.4, 0.5) is 5.82 Å². The van der Waals surface area contributed by atoms with Crippen molar-refractivity contribution in [2.24, 2.45) is 0 Å². The van der Waals surface area contributed by atoms with E-state index >= 15 is 0 Å². The lowest BCUT2D eigenvalue weighted by Gasteiger charge is -2.14. The Kier molecular flexibility index (Phi) is 4.34. The highest BCUT2D eigenvalue weighted by Crippen LogP contribution is 2.25. The predicted octanol–water partition coefficient (Wildman–Crippen LogP) is 3.28. The lowest BCUT2D eigenvalue weighted by atomic mass is 10.2. The summed E-state index contributed by atoms with van der Waals surface area (Å²) < 4.78 is 0. The van der Waals surface area contributed by atoms with E-state index in [1.807, 2.05) is 20.0 Å². The number of pyridine rings is 1. The maximum atomic E-state index is 11.2. The van der Waals surface area contributed by atoms with Crippen molar-refractivity contribution in [3.63, 3.8) is 0 Å². The first-order chi connectivity index (χ1) is 9.51. The van der Waals surface area contributed by atoms with Gasteiger partial charge in [-0.05, 0) is 32.4 Å². The molecule has 0 bridgehead atoms. The normalized spacial score (nSPS) is 12.2. The first-order valence-electron chi connectivity index (χ1n) is 6.43. The fraction of sp³-hybridized carbons (Fsp3) is 0.357. The number of hydrogen-bond acceptors (Lipinski definition) is 5. The van der Waals surface area contributed by atoms with E-state index < -0.39 is 5.97 Å². The van der Waals surface area contributed by atoms with Crippen molar-refractivity contribution >= 4 is 23.1 Å². The van der Waals surface area contributed by atoms with Crippen LogP contribution in [0, 0.1) is 6.92 Å². The summed E-state index contributed by atoms with van der Waals surface area (Å²) in [6.45, 7) is 5.87. The van der Waals surface area contributed by atoms with Crippen LogP contribution in [-0.4, -0.2) is 21.0 Å². The molecular formula is C14H17N3O2S. The van der Waals surface area contributed by atoms with E-state index in [0.717, 1.165) is 17.1 Å². The fourth-order valence-corrected chi connectivity index (χ4v) is 2.65. The maximum Gasteiger partial charge on any atom is 0.339 e. The Hall–Kier alpha value is -1.95. The molecule has 0 aromatic carbocycles. The van der Waals surface area contributed by atoms with Gasteiger partial charge in [-0.25, -0.2) is 14.8 Å². The highest BCUT2D eigenvalue weighted by Gasteiger charge is 2.16. The summed E-state index contributed by atoms with van der Waals surface area (Å²) in [6.07, 6.45) is 2.81. The second-order valence-corrected chi connectivity index (χ2v) is 5.69. The minimum absolute atomic E-state index is 0.0762. The first kappa shape index (κ1) is 14.5. The van der Waals surface area contributed by atoms with Gasteiger partial charge in [-0.2, -0.15) is 0 Å². The number of thiazole rings is 1. The van der Waals surface area contributed by atoms with Crippen molar-refractivity contribution in [3.05, 3.63) is 39.5 Å². The molecule has 2 heterocycles. The topological polar surface area (TPSA) is 75.1 Å². The average molecular weight is 291 g/mol. The molecule has 20 heavy (non-hydrogen) atoms. The molecule has 0 aliphatic rings. The van der Waals surface area contributed by atoms with Crippen LogP contribution in [0.3, 0.4) is 0 Å². The molecule has 2 aromatic heterocycles. The molecule has 1 atom stereocenters. The van der Waals surface area contributed by atoms with E-state index in [4.69, 9.17) is 0 Å². The molecule has 0 fully saturated rings. The molecule has 0 aliphatic heterocycles. The number of rotatable bonds is 5. The Bertz CT molecular complexity index is 625. The molecule has 106 valence electrons. The third-order valence-electron chi connectivity index (χ3n) is 2.91. The molecule has 2 rings (SSSR count). The number of carbonyl (C=O) groups is 1. The smallest absolute Gasteiger partial charge is 0.339 e. The molecular weight excluding hydrogens is 274 g/mol. The van der Waals surface area contributed by atoms with Gasteiger partial charge in [0.2, 0.25) is 0 Å². The van der Waals surface area contributed by atoms with Gasteiger partial charge in [0, 0.05) is 16.8 Å². The van der Waals surface area contributed by atoms with Crippen molar-refractivity contribution in [2.75, 3.05) is 5.32 Å². The largest absolute Gasteiger partial charge is 0.478 e. The molecule has 2 N–H and O–H groups in total. The zero-order valence-corrected chi connectivity index (χ0v) is 12.5. The summed E-state index contributed by atoms with van der Waals surface area (Å²) in [6, 6.07) is 3.18. The van der Waals surface area contributed by atoms with Crippen LogP contribution in [0.25, 0.3) is 0 Å². The Morgan fingerprint density at radius 3 is 2.85 bits per heavy atom. The summed E-state index contributed by atoms with van der Waals surface area (Å²) in [5.41, 5.74) is 0.952. The van der Waals surface area contributed by atoms with Crippen LogP contribution >= 0.6 is 11.3 Å². The monoisotopic (exact) mass is 291 g/mol. The Balaban J connectivity index is 2.24. The second-order valence-electron chi connectivity index (χ2n) is 4.54. The van der Waals surface area contributed by atoms with E-state index in [-0.39, 0.29) is 11.6 Å². The van der Waals surface area contributed by atoms with Crippen LogP contribution in [0.1, 0.15) is 45.8 Å². The van der Waals surface area contributed by atoms with Gasteiger partial charge in [-0.1, -0.05) is 6.92 Å². The van der Waals surface area contributed by atoms with Crippen molar-refractivity contribution in [1.29, 1.82) is 0 Å². The van der Waals surface area contributed by atoms with Gasteiger partial charge in [0.1, 0.15) is 16.4 Å². The number of nitrogens with one attached hydrogen (secondary N) is 1. The van der Waals surface area contributed by atoms with Crippen molar-refractivity contribution in [1.82, 2.24) is 9.97 Å². The van der Waals surface area contributed by atoms with Crippen LogP contribution < -0.4 is 5.32 Å². The van der Waals surface area contributed by atoms with Crippen LogP contribution in [0.15, 0.2) is 18.3 Å². The quantitative estimate of drug-likeness (QED) is 0.884. The third-order valence-corrected chi connectivity index (χ3v) is 4.23. The Morgan fingerprint density at radius 1 is 1.50 bits per heavy atom. The Morgan fingerprint density at radius 2 is 2.25 bits per heavy atom. The number of anilines is 1. The zero-order valence-electron chi connectivity index (χ0n) is 11.7. The lowest BCUT2D eigenvalue weighted by Crippen LogP contribution is -2.12. The Labute approximate surface area is 121 Å². The van der Waals surface area contributed by atoms with Crippen LogP contribution in [0.5, 0.6) is 0 Å². The molecule has 0 amide bonds. The predicted molar refractivity (Wildman–Crippen MR) is 79.5 cm³/mol. The molecule has 0 saturated heterocycles. The second kappa shape index (κ2) is 6.00. The minimum Gasteiger partial charge on any atom is -0.478 e. The maximum absolute atomic E-state index is 11.2. The minimum atomic E-state index is -0.986. The van der Waals surface area contributed by atoms with E-state index in [2.05, 4.69) is 22.2 Å². The number of aryl methyl sites for hydroxylation is 2. The highest BCUT2D eigenvalue weighted by atomic mass is 32.1. The molecule has 0 spiro atoms. The van der Waals surface area contributed by atoms with E-state index in [9.17, 15) is 9.90 Å². The molecule has 5 nitrogen and oxygen atoms in total. The van der Waals surface area contributed by atoms with Crippen LogP contribution in [-0.2, 0) is 6.42 Å². The number of aromatic nitrogens is 2.